The van der Waals surface area contributed by atoms with Crippen LogP contribution in [0.2, 0.25) is 5.82 Å². The van der Waals surface area contributed by atoms with Crippen molar-refractivity contribution in [2.24, 2.45) is 10.7 Å². The van der Waals surface area contributed by atoms with E-state index in [-0.39, 0.29) is 0 Å². The van der Waals surface area contributed by atoms with E-state index in [2.05, 4.69) is 4.99 Å². The highest BCUT2D eigenvalue weighted by Crippen LogP contribution is 2.37. The maximum Gasteiger partial charge on any atom is 0.419 e. The van der Waals surface area contributed by atoms with Crippen LogP contribution in [0.25, 0.3) is 0 Å². The van der Waals surface area contributed by atoms with Crippen LogP contribution in [0.15, 0.2) is 4.99 Å². The van der Waals surface area contributed by atoms with Gasteiger partial charge < -0.3 is 5.73 Å². The van der Waals surface area contributed by atoms with Crippen LogP contribution in [0.3, 0.4) is 0 Å². The second kappa shape index (κ2) is 5.45. The Balaban J connectivity index is 5.47. The Bertz CT molecular complexity index is 309. The fourth-order valence-electron chi connectivity index (χ4n) is 0.831. The molecule has 0 aromatic heterocycles. The number of halogens is 7. The predicted octanol–water partition coefficient (Wildman–Crippen LogP) is 3.01. The van der Waals surface area contributed by atoms with Crippen molar-refractivity contribution in [3.63, 3.8) is 0 Å². The third-order valence-electron chi connectivity index (χ3n) is 2.24. The summed E-state index contributed by atoms with van der Waals surface area (Å²) in [4.78, 5) is 2.57. The normalized spacial score (nSPS) is 19.8. The lowest BCUT2D eigenvalue weighted by Crippen LogP contribution is -2.46. The fourth-order valence-corrected chi connectivity index (χ4v) is 0.970. The predicted molar refractivity (Wildman–Crippen MR) is 65.1 cm³/mol. The fraction of sp³-hybridized carbons (Fsp3) is 0.875. The summed E-state index contributed by atoms with van der Waals surface area (Å²) in [6, 6.07) is -3.84. The summed E-state index contributed by atoms with van der Waals surface area (Å²) in [5.74, 6) is -1.55. The second-order valence-electron chi connectivity index (χ2n) is 3.86. The van der Waals surface area contributed by atoms with Crippen molar-refractivity contribution in [3.05, 3.63) is 0 Å². The van der Waals surface area contributed by atoms with Crippen LogP contribution in [-0.4, -0.2) is 35.5 Å². The van der Waals surface area contributed by atoms with Gasteiger partial charge in [0.2, 0.25) is 6.04 Å². The molecule has 0 amide bonds. The van der Waals surface area contributed by atoms with Crippen molar-refractivity contribution in [2.75, 3.05) is 0 Å². The first-order chi connectivity index (χ1) is 7.70. The summed E-state index contributed by atoms with van der Waals surface area (Å²) < 4.78 is 72.2. The van der Waals surface area contributed by atoms with Gasteiger partial charge in [-0.05, 0) is 6.92 Å². The number of rotatable bonds is 3. The summed E-state index contributed by atoms with van der Waals surface area (Å²) in [6.45, 7) is 2.71. The van der Waals surface area contributed by atoms with Crippen molar-refractivity contribution >= 4 is 36.3 Å². The van der Waals surface area contributed by atoms with Gasteiger partial charge in [0.05, 0.1) is 11.3 Å². The average molecular weight is 386 g/mol. The molecule has 0 aliphatic rings. The molecule has 0 heterocycles. The molecule has 2 atom stereocenters. The van der Waals surface area contributed by atoms with Gasteiger partial charge >= 0.3 is 12.4 Å². The molecule has 2 N–H and O–H groups in total. The standard InChI is InChI=1S/C8H10BF6IN2/c1-3(9)6(2,16)5(17)18-4(7(10,11)12)8(13,14)15/h3-4H,1-2H3,(H2,17,18). The number of hydrogen-bond donors (Lipinski definition) is 1. The van der Waals surface area contributed by atoms with Gasteiger partial charge in [0.15, 0.2) is 0 Å². The Morgan fingerprint density at radius 1 is 1.17 bits per heavy atom. The SMILES string of the molecule is [B]C(C)C(C)(I)C(N)=NC(C(F)(F)F)C(F)(F)F. The minimum Gasteiger partial charge on any atom is -0.386 e. The maximum atomic E-state index is 12.2. The molecule has 10 heteroatoms. The second-order valence-corrected chi connectivity index (χ2v) is 6.11. The summed E-state index contributed by atoms with van der Waals surface area (Å²) in [6.07, 6.45) is -11.1. The molecule has 0 saturated carbocycles. The topological polar surface area (TPSA) is 38.4 Å². The van der Waals surface area contributed by atoms with Gasteiger partial charge in [-0.25, -0.2) is 4.99 Å². The van der Waals surface area contributed by atoms with E-state index in [0.717, 1.165) is 0 Å². The summed E-state index contributed by atoms with van der Waals surface area (Å²) in [5.41, 5.74) is 5.21. The molecule has 0 bridgehead atoms. The lowest BCUT2D eigenvalue weighted by molar-refractivity contribution is -0.248. The summed E-state index contributed by atoms with van der Waals surface area (Å²) >= 11 is 1.57. The van der Waals surface area contributed by atoms with Gasteiger partial charge in [0.25, 0.3) is 0 Å². The minimum atomic E-state index is -5.55. The number of amidine groups is 1. The molecule has 2 unspecified atom stereocenters. The quantitative estimate of drug-likeness (QED) is 0.199. The van der Waals surface area contributed by atoms with E-state index in [9.17, 15) is 26.3 Å². The van der Waals surface area contributed by atoms with Crippen molar-refractivity contribution in [1.29, 1.82) is 0 Å². The Hall–Kier alpha value is -0.155. The lowest BCUT2D eigenvalue weighted by atomic mass is 9.78. The molecular weight excluding hydrogens is 376 g/mol. The molecule has 2 nitrogen and oxygen atoms in total. The third kappa shape index (κ3) is 4.50. The Morgan fingerprint density at radius 2 is 1.50 bits per heavy atom. The number of hydrogen-bond acceptors (Lipinski definition) is 1. The Labute approximate surface area is 115 Å². The van der Waals surface area contributed by atoms with Crippen molar-refractivity contribution in [3.8, 4) is 0 Å². The highest BCUT2D eigenvalue weighted by molar-refractivity contribution is 14.1. The van der Waals surface area contributed by atoms with Crippen LogP contribution in [0.5, 0.6) is 0 Å². The average Bonchev–Trinajstić information content (AvgIpc) is 2.09. The van der Waals surface area contributed by atoms with Crippen LogP contribution < -0.4 is 5.73 Å². The molecule has 0 fully saturated rings. The third-order valence-corrected chi connectivity index (χ3v) is 3.78. The molecule has 0 spiro atoms. The largest absolute Gasteiger partial charge is 0.419 e. The zero-order chi connectivity index (χ0) is 14.9. The van der Waals surface area contributed by atoms with Gasteiger partial charge in [-0.15, -0.1) is 0 Å². The first-order valence-electron chi connectivity index (χ1n) is 4.62. The molecule has 104 valence electrons. The highest BCUT2D eigenvalue weighted by Gasteiger charge is 2.57. The van der Waals surface area contributed by atoms with Crippen LogP contribution in [-0.2, 0) is 0 Å². The van der Waals surface area contributed by atoms with Crippen LogP contribution in [0.1, 0.15) is 13.8 Å². The van der Waals surface area contributed by atoms with Gasteiger partial charge in [-0.2, -0.15) is 26.3 Å². The zero-order valence-electron chi connectivity index (χ0n) is 9.40. The molecule has 0 aromatic rings. The van der Waals surface area contributed by atoms with E-state index < -0.39 is 33.5 Å². The van der Waals surface area contributed by atoms with Gasteiger partial charge in [-0.3, -0.25) is 0 Å². The van der Waals surface area contributed by atoms with E-state index in [1.165, 1.54) is 13.8 Å². The van der Waals surface area contributed by atoms with Crippen molar-refractivity contribution in [1.82, 2.24) is 0 Å². The molecule has 0 aliphatic carbocycles. The zero-order valence-corrected chi connectivity index (χ0v) is 11.6. The van der Waals surface area contributed by atoms with Gasteiger partial charge in [-0.1, -0.05) is 35.3 Å². The molecule has 2 radical (unpaired) electrons. The van der Waals surface area contributed by atoms with Gasteiger partial charge in [0, 0.05) is 0 Å². The van der Waals surface area contributed by atoms with Crippen LogP contribution in [0.4, 0.5) is 26.3 Å². The molecular formula is C8H10BF6IN2. The Kier molecular flexibility index (Phi) is 5.41. The molecule has 18 heavy (non-hydrogen) atoms. The lowest BCUT2D eigenvalue weighted by Gasteiger charge is -2.29. The molecule has 0 aromatic carbocycles. The van der Waals surface area contributed by atoms with Crippen LogP contribution >= 0.6 is 22.6 Å². The van der Waals surface area contributed by atoms with Gasteiger partial charge in [0.1, 0.15) is 5.84 Å². The maximum absolute atomic E-state index is 12.2. The number of alkyl halides is 7. The van der Waals surface area contributed by atoms with E-state index in [1.54, 1.807) is 22.6 Å². The molecule has 0 rings (SSSR count). The first-order valence-corrected chi connectivity index (χ1v) is 5.70. The summed E-state index contributed by atoms with van der Waals surface area (Å²) in [7, 11) is 5.43. The highest BCUT2D eigenvalue weighted by atomic mass is 127. The summed E-state index contributed by atoms with van der Waals surface area (Å²) in [5, 5.41) is 0. The monoisotopic (exact) mass is 386 g/mol. The smallest absolute Gasteiger partial charge is 0.386 e. The number of nitrogens with zero attached hydrogens (tertiary/aromatic N) is 1. The minimum absolute atomic E-state index is 0.760. The van der Waals surface area contributed by atoms with E-state index >= 15 is 0 Å². The van der Waals surface area contributed by atoms with E-state index in [1.807, 2.05) is 0 Å². The first kappa shape index (κ1) is 17.8. The van der Waals surface area contributed by atoms with Crippen LogP contribution in [0, 0.1) is 0 Å². The van der Waals surface area contributed by atoms with Crippen molar-refractivity contribution < 1.29 is 26.3 Å². The van der Waals surface area contributed by atoms with Crippen molar-refractivity contribution in [2.45, 2.75) is 41.5 Å². The molecule has 0 saturated heterocycles. The molecule has 0 aliphatic heterocycles. The number of aliphatic imine (C=N–C) groups is 1. The van der Waals surface area contributed by atoms with E-state index in [0.29, 0.717) is 0 Å². The Morgan fingerprint density at radius 3 is 1.72 bits per heavy atom. The number of nitrogens with two attached hydrogens (primary N) is 1. The van der Waals surface area contributed by atoms with E-state index in [4.69, 9.17) is 13.6 Å².